The number of para-hydroxylation sites is 1. The van der Waals surface area contributed by atoms with Crippen LogP contribution in [0.4, 0.5) is 5.82 Å². The molecule has 1 atom stereocenters. The summed E-state index contributed by atoms with van der Waals surface area (Å²) in [7, 11) is 0. The summed E-state index contributed by atoms with van der Waals surface area (Å²) in [6.07, 6.45) is 2.63. The Morgan fingerprint density at radius 3 is 2.85 bits per heavy atom. The summed E-state index contributed by atoms with van der Waals surface area (Å²) in [5.74, 6) is -0.0135. The topological polar surface area (TPSA) is 53.4 Å². The number of anilines is 1. The van der Waals surface area contributed by atoms with Gasteiger partial charge in [0.2, 0.25) is 0 Å². The fraction of sp³-hybridized carbons (Fsp3) is 0.375. The largest absolute Gasteiger partial charge is 0.480 e. The Labute approximate surface area is 118 Å². The van der Waals surface area contributed by atoms with Crippen LogP contribution in [0, 0.1) is 0 Å². The molecule has 2 heterocycles. The second-order valence-corrected chi connectivity index (χ2v) is 5.55. The molecule has 104 valence electrons. The molecule has 0 radical (unpaired) electrons. The van der Waals surface area contributed by atoms with Crippen LogP contribution < -0.4 is 4.90 Å². The Morgan fingerprint density at radius 2 is 2.05 bits per heavy atom. The minimum Gasteiger partial charge on any atom is -0.480 e. The van der Waals surface area contributed by atoms with Crippen molar-refractivity contribution in [1.82, 2.24) is 4.98 Å². The van der Waals surface area contributed by atoms with E-state index in [4.69, 9.17) is 0 Å². The lowest BCUT2D eigenvalue weighted by Gasteiger charge is -2.42. The van der Waals surface area contributed by atoms with E-state index in [-0.39, 0.29) is 0 Å². The number of carboxylic acid groups (broad SMARTS) is 1. The van der Waals surface area contributed by atoms with Crippen molar-refractivity contribution < 1.29 is 9.90 Å². The van der Waals surface area contributed by atoms with Gasteiger partial charge in [0.05, 0.1) is 5.52 Å². The maximum absolute atomic E-state index is 11.7. The summed E-state index contributed by atoms with van der Waals surface area (Å²) in [5, 5.41) is 10.6. The van der Waals surface area contributed by atoms with Crippen LogP contribution >= 0.6 is 0 Å². The van der Waals surface area contributed by atoms with E-state index in [1.807, 2.05) is 41.3 Å². The number of hydrogen-bond donors (Lipinski definition) is 1. The van der Waals surface area contributed by atoms with Crippen molar-refractivity contribution in [2.45, 2.75) is 31.7 Å². The maximum Gasteiger partial charge on any atom is 0.329 e. The number of aromatic nitrogens is 1. The molecule has 0 aliphatic carbocycles. The highest BCUT2D eigenvalue weighted by molar-refractivity contribution is 5.85. The van der Waals surface area contributed by atoms with Gasteiger partial charge in [0.15, 0.2) is 0 Å². The number of nitrogens with zero attached hydrogens (tertiary/aromatic N) is 2. The molecule has 1 N–H and O–H groups in total. The third-order valence-electron chi connectivity index (χ3n) is 4.21. The van der Waals surface area contributed by atoms with Crippen LogP contribution in [-0.2, 0) is 4.79 Å². The van der Waals surface area contributed by atoms with Crippen LogP contribution in [-0.4, -0.2) is 28.1 Å². The molecule has 2 aromatic rings. The van der Waals surface area contributed by atoms with Crippen LogP contribution in [0.25, 0.3) is 10.9 Å². The molecule has 1 aliphatic rings. The monoisotopic (exact) mass is 270 g/mol. The quantitative estimate of drug-likeness (QED) is 0.911. The first-order valence-electron chi connectivity index (χ1n) is 6.98. The van der Waals surface area contributed by atoms with Gasteiger partial charge in [0.25, 0.3) is 0 Å². The molecule has 1 fully saturated rings. The van der Waals surface area contributed by atoms with E-state index in [0.717, 1.165) is 36.1 Å². The molecule has 0 amide bonds. The normalized spacial score (nSPS) is 22.9. The predicted octanol–water partition coefficient (Wildman–Crippen LogP) is 3.07. The summed E-state index contributed by atoms with van der Waals surface area (Å²) in [6, 6.07) is 11.8. The number of rotatable bonds is 2. The fourth-order valence-electron chi connectivity index (χ4n) is 2.92. The number of piperidine rings is 1. The Hall–Kier alpha value is -2.10. The molecule has 1 aromatic heterocycles. The lowest BCUT2D eigenvalue weighted by Crippen LogP contribution is -2.55. The molecule has 0 bridgehead atoms. The van der Waals surface area contributed by atoms with Crippen LogP contribution in [0.5, 0.6) is 0 Å². The van der Waals surface area contributed by atoms with Gasteiger partial charge < -0.3 is 10.0 Å². The van der Waals surface area contributed by atoms with Gasteiger partial charge in [-0.1, -0.05) is 18.2 Å². The van der Waals surface area contributed by atoms with E-state index in [9.17, 15) is 9.90 Å². The van der Waals surface area contributed by atoms with Crippen molar-refractivity contribution in [2.75, 3.05) is 11.4 Å². The molecular formula is C16H18N2O2. The molecule has 1 unspecified atom stereocenters. The Morgan fingerprint density at radius 1 is 1.25 bits per heavy atom. The lowest BCUT2D eigenvalue weighted by atomic mass is 9.88. The Kier molecular flexibility index (Phi) is 3.08. The van der Waals surface area contributed by atoms with Crippen molar-refractivity contribution in [1.29, 1.82) is 0 Å². The first-order valence-corrected chi connectivity index (χ1v) is 6.98. The second kappa shape index (κ2) is 4.78. The third-order valence-corrected chi connectivity index (χ3v) is 4.21. The van der Waals surface area contributed by atoms with Gasteiger partial charge in [0.1, 0.15) is 11.4 Å². The number of carboxylic acids is 1. The summed E-state index contributed by atoms with van der Waals surface area (Å²) in [4.78, 5) is 18.2. The Balaban J connectivity index is 2.06. The van der Waals surface area contributed by atoms with Gasteiger partial charge in [-0.25, -0.2) is 9.78 Å². The summed E-state index contributed by atoms with van der Waals surface area (Å²) >= 11 is 0. The smallest absolute Gasteiger partial charge is 0.329 e. The van der Waals surface area contributed by atoms with Gasteiger partial charge in [-0.2, -0.15) is 0 Å². The summed E-state index contributed by atoms with van der Waals surface area (Å²) in [6.45, 7) is 2.54. The molecule has 4 nitrogen and oxygen atoms in total. The van der Waals surface area contributed by atoms with Crippen molar-refractivity contribution in [2.24, 2.45) is 0 Å². The van der Waals surface area contributed by atoms with Gasteiger partial charge in [-0.3, -0.25) is 0 Å². The molecular weight excluding hydrogens is 252 g/mol. The van der Waals surface area contributed by atoms with Crippen molar-refractivity contribution >= 4 is 22.7 Å². The average Bonchev–Trinajstić information content (AvgIpc) is 2.47. The minimum atomic E-state index is -0.853. The van der Waals surface area contributed by atoms with Gasteiger partial charge >= 0.3 is 5.97 Å². The van der Waals surface area contributed by atoms with Crippen LogP contribution in [0.15, 0.2) is 36.4 Å². The van der Waals surface area contributed by atoms with Crippen molar-refractivity contribution in [3.63, 3.8) is 0 Å². The number of aliphatic carboxylic acids is 1. The zero-order chi connectivity index (χ0) is 14.2. The van der Waals surface area contributed by atoms with Crippen LogP contribution in [0.1, 0.15) is 26.2 Å². The summed E-state index contributed by atoms with van der Waals surface area (Å²) < 4.78 is 0. The van der Waals surface area contributed by atoms with Gasteiger partial charge in [-0.05, 0) is 44.4 Å². The second-order valence-electron chi connectivity index (χ2n) is 5.55. The first kappa shape index (κ1) is 12.9. The van der Waals surface area contributed by atoms with E-state index < -0.39 is 11.5 Å². The zero-order valence-electron chi connectivity index (χ0n) is 11.5. The molecule has 0 spiro atoms. The fourth-order valence-corrected chi connectivity index (χ4v) is 2.92. The number of fused-ring (bicyclic) bond motifs is 1. The van der Waals surface area contributed by atoms with Crippen molar-refractivity contribution in [3.05, 3.63) is 36.4 Å². The molecule has 1 aromatic carbocycles. The van der Waals surface area contributed by atoms with Crippen molar-refractivity contribution in [3.8, 4) is 0 Å². The van der Waals surface area contributed by atoms with E-state index in [1.165, 1.54) is 0 Å². The van der Waals surface area contributed by atoms with Crippen LogP contribution in [0.2, 0.25) is 0 Å². The average molecular weight is 270 g/mol. The molecule has 3 rings (SSSR count). The first-order chi connectivity index (χ1) is 9.61. The van der Waals surface area contributed by atoms with E-state index in [0.29, 0.717) is 6.42 Å². The van der Waals surface area contributed by atoms with E-state index >= 15 is 0 Å². The lowest BCUT2D eigenvalue weighted by molar-refractivity contribution is -0.143. The Bertz CT molecular complexity index is 656. The molecule has 1 saturated heterocycles. The number of benzene rings is 1. The standard InChI is InChI=1S/C16H18N2O2/c1-16(15(19)20)10-4-5-11-18(16)14-9-8-12-6-2-3-7-13(12)17-14/h2-3,6-9H,4-5,10-11H2,1H3,(H,19,20). The molecule has 20 heavy (non-hydrogen) atoms. The van der Waals surface area contributed by atoms with E-state index in [2.05, 4.69) is 4.98 Å². The predicted molar refractivity (Wildman–Crippen MR) is 79.0 cm³/mol. The SMILES string of the molecule is CC1(C(=O)O)CCCCN1c1ccc2ccccc2n1. The van der Waals surface area contributed by atoms with Gasteiger partial charge in [-0.15, -0.1) is 0 Å². The highest BCUT2D eigenvalue weighted by Crippen LogP contribution is 2.32. The van der Waals surface area contributed by atoms with Crippen LogP contribution in [0.3, 0.4) is 0 Å². The summed E-state index contributed by atoms with van der Waals surface area (Å²) in [5.41, 5.74) is 0.0524. The number of hydrogen-bond acceptors (Lipinski definition) is 3. The van der Waals surface area contributed by atoms with Gasteiger partial charge in [0, 0.05) is 11.9 Å². The number of carbonyl (C=O) groups is 1. The molecule has 1 aliphatic heterocycles. The highest BCUT2D eigenvalue weighted by atomic mass is 16.4. The molecule has 0 saturated carbocycles. The zero-order valence-corrected chi connectivity index (χ0v) is 11.5. The highest BCUT2D eigenvalue weighted by Gasteiger charge is 2.42. The number of pyridine rings is 1. The molecule has 4 heteroatoms. The third kappa shape index (κ3) is 2.01. The van der Waals surface area contributed by atoms with E-state index in [1.54, 1.807) is 6.92 Å². The minimum absolute atomic E-state index is 0.664. The maximum atomic E-state index is 11.7.